The van der Waals surface area contributed by atoms with Crippen LogP contribution < -0.4 is 10.1 Å². The molecular weight excluding hydrogens is 287 g/mol. The maximum Gasteiger partial charge on any atom is 0.260 e. The van der Waals surface area contributed by atoms with Crippen LogP contribution >= 0.6 is 23.2 Å². The number of methoxy groups -OCH3 is 1. The van der Waals surface area contributed by atoms with Crippen LogP contribution in [0.4, 0.5) is 5.82 Å². The maximum absolute atomic E-state index is 12.1. The first-order chi connectivity index (χ1) is 9.11. The van der Waals surface area contributed by atoms with Gasteiger partial charge in [-0.3, -0.25) is 4.79 Å². The molecule has 0 bridgehead atoms. The molecule has 0 aliphatic carbocycles. The van der Waals surface area contributed by atoms with Crippen molar-refractivity contribution in [3.8, 4) is 5.75 Å². The molecule has 2 rings (SSSR count). The van der Waals surface area contributed by atoms with Crippen LogP contribution in [-0.4, -0.2) is 18.0 Å². The van der Waals surface area contributed by atoms with Gasteiger partial charge in [0.1, 0.15) is 5.75 Å². The second-order valence-corrected chi connectivity index (χ2v) is 4.48. The Hall–Kier alpha value is -1.78. The second-order valence-electron chi connectivity index (χ2n) is 3.63. The fourth-order valence-electron chi connectivity index (χ4n) is 1.51. The van der Waals surface area contributed by atoms with Crippen molar-refractivity contribution >= 4 is 34.9 Å². The van der Waals surface area contributed by atoms with Gasteiger partial charge in [0, 0.05) is 11.2 Å². The number of amides is 1. The molecule has 1 aromatic heterocycles. The lowest BCUT2D eigenvalue weighted by atomic mass is 10.2. The number of aromatic nitrogens is 1. The molecule has 2 aromatic rings. The Balaban J connectivity index is 2.28. The van der Waals surface area contributed by atoms with E-state index in [4.69, 9.17) is 27.9 Å². The van der Waals surface area contributed by atoms with Crippen LogP contribution in [0, 0.1) is 0 Å². The molecule has 1 N–H and O–H groups in total. The number of benzene rings is 1. The molecular formula is C13H10Cl2N2O2. The summed E-state index contributed by atoms with van der Waals surface area (Å²) in [6.45, 7) is 0. The SMILES string of the molecule is COc1cc(Cl)ccc1C(=O)Nc1ncccc1Cl. The van der Waals surface area contributed by atoms with Crippen molar-refractivity contribution in [3.05, 3.63) is 52.1 Å². The molecule has 19 heavy (non-hydrogen) atoms. The van der Waals surface area contributed by atoms with Crippen molar-refractivity contribution < 1.29 is 9.53 Å². The minimum atomic E-state index is -0.367. The Morgan fingerprint density at radius 1 is 1.32 bits per heavy atom. The van der Waals surface area contributed by atoms with Gasteiger partial charge in [-0.1, -0.05) is 23.2 Å². The van der Waals surface area contributed by atoms with E-state index >= 15 is 0 Å². The number of halogens is 2. The molecule has 1 heterocycles. The van der Waals surface area contributed by atoms with Crippen molar-refractivity contribution in [1.29, 1.82) is 0 Å². The van der Waals surface area contributed by atoms with Crippen molar-refractivity contribution in [2.45, 2.75) is 0 Å². The number of pyridine rings is 1. The third-order valence-electron chi connectivity index (χ3n) is 2.40. The molecule has 6 heteroatoms. The zero-order valence-electron chi connectivity index (χ0n) is 9.98. The first-order valence-electron chi connectivity index (χ1n) is 5.37. The summed E-state index contributed by atoms with van der Waals surface area (Å²) >= 11 is 11.8. The van der Waals surface area contributed by atoms with Gasteiger partial charge < -0.3 is 10.1 Å². The largest absolute Gasteiger partial charge is 0.496 e. The van der Waals surface area contributed by atoms with Gasteiger partial charge in [-0.05, 0) is 30.3 Å². The van der Waals surface area contributed by atoms with E-state index in [2.05, 4.69) is 10.3 Å². The number of hydrogen-bond donors (Lipinski definition) is 1. The minimum absolute atomic E-state index is 0.297. The quantitative estimate of drug-likeness (QED) is 0.940. The van der Waals surface area contributed by atoms with Crippen LogP contribution in [0.2, 0.25) is 10.0 Å². The van der Waals surface area contributed by atoms with E-state index in [9.17, 15) is 4.79 Å². The first kappa shape index (κ1) is 13.6. The summed E-state index contributed by atoms with van der Waals surface area (Å²) in [4.78, 5) is 16.1. The van der Waals surface area contributed by atoms with Gasteiger partial charge in [-0.2, -0.15) is 0 Å². The molecule has 0 fully saturated rings. The van der Waals surface area contributed by atoms with Gasteiger partial charge in [-0.25, -0.2) is 4.98 Å². The topological polar surface area (TPSA) is 51.2 Å². The lowest BCUT2D eigenvalue weighted by molar-refractivity contribution is 0.102. The van der Waals surface area contributed by atoms with Crippen LogP contribution in [0.5, 0.6) is 5.75 Å². The van der Waals surface area contributed by atoms with Crippen LogP contribution in [-0.2, 0) is 0 Å². The lowest BCUT2D eigenvalue weighted by Crippen LogP contribution is -2.14. The lowest BCUT2D eigenvalue weighted by Gasteiger charge is -2.09. The predicted molar refractivity (Wildman–Crippen MR) is 75.2 cm³/mol. The van der Waals surface area contributed by atoms with Gasteiger partial charge in [0.15, 0.2) is 5.82 Å². The number of nitrogens with zero attached hydrogens (tertiary/aromatic N) is 1. The zero-order chi connectivity index (χ0) is 13.8. The zero-order valence-corrected chi connectivity index (χ0v) is 11.5. The number of nitrogens with one attached hydrogen (secondary N) is 1. The third kappa shape index (κ3) is 3.16. The Morgan fingerprint density at radius 3 is 2.79 bits per heavy atom. The smallest absolute Gasteiger partial charge is 0.260 e. The highest BCUT2D eigenvalue weighted by Gasteiger charge is 2.14. The molecule has 1 aromatic carbocycles. The van der Waals surface area contributed by atoms with Crippen LogP contribution in [0.25, 0.3) is 0 Å². The molecule has 0 atom stereocenters. The molecule has 4 nitrogen and oxygen atoms in total. The maximum atomic E-state index is 12.1. The summed E-state index contributed by atoms with van der Waals surface area (Å²) < 4.78 is 5.12. The van der Waals surface area contributed by atoms with E-state index in [1.807, 2.05) is 0 Å². The first-order valence-corrected chi connectivity index (χ1v) is 6.13. The number of hydrogen-bond acceptors (Lipinski definition) is 3. The van der Waals surface area contributed by atoms with E-state index in [0.717, 1.165) is 0 Å². The van der Waals surface area contributed by atoms with Gasteiger partial charge in [-0.15, -0.1) is 0 Å². The summed E-state index contributed by atoms with van der Waals surface area (Å²) in [5.41, 5.74) is 0.355. The average molecular weight is 297 g/mol. The molecule has 1 amide bonds. The summed E-state index contributed by atoms with van der Waals surface area (Å²) in [5, 5.41) is 3.47. The van der Waals surface area contributed by atoms with E-state index in [1.165, 1.54) is 7.11 Å². The van der Waals surface area contributed by atoms with Crippen molar-refractivity contribution in [3.63, 3.8) is 0 Å². The third-order valence-corrected chi connectivity index (χ3v) is 2.94. The van der Waals surface area contributed by atoms with E-state index < -0.39 is 0 Å². The fraction of sp³-hybridized carbons (Fsp3) is 0.0769. The number of rotatable bonds is 3. The Bertz CT molecular complexity index is 617. The highest BCUT2D eigenvalue weighted by atomic mass is 35.5. The second kappa shape index (κ2) is 5.91. The highest BCUT2D eigenvalue weighted by molar-refractivity contribution is 6.33. The monoisotopic (exact) mass is 296 g/mol. The Labute approximate surface area is 120 Å². The molecule has 0 radical (unpaired) electrons. The average Bonchev–Trinajstić information content (AvgIpc) is 2.41. The molecule has 0 saturated heterocycles. The highest BCUT2D eigenvalue weighted by Crippen LogP contribution is 2.25. The standard InChI is InChI=1S/C13H10Cl2N2O2/c1-19-11-7-8(14)4-5-9(11)13(18)17-12-10(15)3-2-6-16-12/h2-7H,1H3,(H,16,17,18). The van der Waals surface area contributed by atoms with Gasteiger partial charge in [0.2, 0.25) is 0 Å². The van der Waals surface area contributed by atoms with Gasteiger partial charge in [0.25, 0.3) is 5.91 Å². The van der Waals surface area contributed by atoms with Crippen LogP contribution in [0.3, 0.4) is 0 Å². The molecule has 0 aliphatic heterocycles. The van der Waals surface area contributed by atoms with Crippen molar-refractivity contribution in [2.75, 3.05) is 12.4 Å². The molecule has 0 spiro atoms. The molecule has 0 unspecified atom stereocenters. The normalized spacial score (nSPS) is 10.1. The van der Waals surface area contributed by atoms with E-state index in [0.29, 0.717) is 27.2 Å². The Kier molecular flexibility index (Phi) is 4.24. The van der Waals surface area contributed by atoms with E-state index in [1.54, 1.807) is 36.5 Å². The predicted octanol–water partition coefficient (Wildman–Crippen LogP) is 3.65. The van der Waals surface area contributed by atoms with Crippen LogP contribution in [0.15, 0.2) is 36.5 Å². The van der Waals surface area contributed by atoms with E-state index in [-0.39, 0.29) is 5.91 Å². The molecule has 0 aliphatic rings. The van der Waals surface area contributed by atoms with Crippen molar-refractivity contribution in [1.82, 2.24) is 4.98 Å². The number of carbonyl (C=O) groups excluding carboxylic acids is 1. The summed E-state index contributed by atoms with van der Waals surface area (Å²) in [5.74, 6) is 0.317. The summed E-state index contributed by atoms with van der Waals surface area (Å²) in [6.07, 6.45) is 1.54. The fourth-order valence-corrected chi connectivity index (χ4v) is 1.84. The van der Waals surface area contributed by atoms with Gasteiger partial charge >= 0.3 is 0 Å². The summed E-state index contributed by atoms with van der Waals surface area (Å²) in [7, 11) is 1.47. The van der Waals surface area contributed by atoms with Gasteiger partial charge in [0.05, 0.1) is 17.7 Å². The Morgan fingerprint density at radius 2 is 2.11 bits per heavy atom. The number of carbonyl (C=O) groups is 1. The van der Waals surface area contributed by atoms with Crippen molar-refractivity contribution in [2.24, 2.45) is 0 Å². The minimum Gasteiger partial charge on any atom is -0.496 e. The molecule has 0 saturated carbocycles. The molecule has 98 valence electrons. The van der Waals surface area contributed by atoms with Crippen LogP contribution in [0.1, 0.15) is 10.4 Å². The summed E-state index contributed by atoms with van der Waals surface area (Å²) in [6, 6.07) is 8.08. The number of anilines is 1. The number of ether oxygens (including phenoxy) is 1.